The number of rotatable bonds is 4. The summed E-state index contributed by atoms with van der Waals surface area (Å²) in [6, 6.07) is 15.4. The zero-order valence-corrected chi connectivity index (χ0v) is 17.3. The molecule has 2 unspecified atom stereocenters. The van der Waals surface area contributed by atoms with Crippen molar-refractivity contribution in [3.05, 3.63) is 85.2 Å². The molecule has 1 aromatic heterocycles. The van der Waals surface area contributed by atoms with E-state index in [0.29, 0.717) is 5.92 Å². The van der Waals surface area contributed by atoms with Crippen LogP contribution in [0, 0.1) is 5.92 Å². The lowest BCUT2D eigenvalue weighted by molar-refractivity contribution is -0.578. The number of nitrogens with zero attached hydrogens (tertiary/aromatic N) is 2. The zero-order chi connectivity index (χ0) is 20.1. The van der Waals surface area contributed by atoms with Gasteiger partial charge < -0.3 is 0 Å². The number of allylic oxidation sites excluding steroid dienone is 1. The van der Waals surface area contributed by atoms with Crippen molar-refractivity contribution in [3.8, 4) is 11.3 Å². The van der Waals surface area contributed by atoms with Crippen LogP contribution in [0.25, 0.3) is 17.0 Å². The Morgan fingerprint density at radius 1 is 1.21 bits per heavy atom. The van der Waals surface area contributed by atoms with Crippen molar-refractivity contribution in [3.63, 3.8) is 0 Å². The predicted molar refractivity (Wildman–Crippen MR) is 119 cm³/mol. The number of hydrogen-bond acceptors (Lipinski definition) is 0. The van der Waals surface area contributed by atoms with Gasteiger partial charge in [0.05, 0.1) is 6.42 Å². The van der Waals surface area contributed by atoms with Gasteiger partial charge >= 0.3 is 0 Å². The molecule has 144 valence electrons. The molecule has 0 amide bonds. The quantitative estimate of drug-likeness (QED) is 0.372. The molecule has 0 bridgehead atoms. The summed E-state index contributed by atoms with van der Waals surface area (Å²) in [5.41, 5.74) is 6.27. The van der Waals surface area contributed by atoms with Gasteiger partial charge in [0, 0.05) is 23.6 Å². The smallest absolute Gasteiger partial charge is 0.208 e. The molecular weight excluding hydrogens is 340 g/mol. The van der Waals surface area contributed by atoms with Crippen LogP contribution in [-0.2, 0) is 6.42 Å². The second kappa shape index (κ2) is 8.97. The number of benzene rings is 1. The van der Waals surface area contributed by atoms with Crippen LogP contribution in [0.2, 0.25) is 0 Å². The predicted octanol–water partition coefficient (Wildman–Crippen LogP) is 5.65. The van der Waals surface area contributed by atoms with Gasteiger partial charge in [0.25, 0.3) is 0 Å². The van der Waals surface area contributed by atoms with E-state index in [1.807, 2.05) is 6.92 Å². The Kier molecular flexibility index (Phi) is 6.41. The second-order valence-electron chi connectivity index (χ2n) is 7.60. The Labute approximate surface area is 169 Å². The van der Waals surface area contributed by atoms with E-state index in [4.69, 9.17) is 0 Å². The molecule has 0 spiro atoms. The minimum atomic E-state index is 0.238. The summed E-state index contributed by atoms with van der Waals surface area (Å²) < 4.78 is 4.35. The summed E-state index contributed by atoms with van der Waals surface area (Å²) >= 11 is 0. The molecule has 0 aliphatic carbocycles. The maximum Gasteiger partial charge on any atom is 0.218 e. The first-order valence-corrected chi connectivity index (χ1v) is 10.2. The van der Waals surface area contributed by atoms with Crippen molar-refractivity contribution in [2.24, 2.45) is 5.92 Å². The van der Waals surface area contributed by atoms with E-state index in [0.717, 1.165) is 31.4 Å². The minimum Gasteiger partial charge on any atom is -0.208 e. The number of aromatic nitrogens is 1. The first kappa shape index (κ1) is 20.0. The van der Waals surface area contributed by atoms with Crippen LogP contribution >= 0.6 is 0 Å². The van der Waals surface area contributed by atoms with E-state index in [1.165, 1.54) is 22.4 Å². The van der Waals surface area contributed by atoms with E-state index in [2.05, 4.69) is 96.9 Å². The van der Waals surface area contributed by atoms with Crippen LogP contribution in [0.1, 0.15) is 38.7 Å². The summed E-state index contributed by atoms with van der Waals surface area (Å²) in [6.07, 6.45) is 10.2. The van der Waals surface area contributed by atoms with Crippen molar-refractivity contribution >= 4 is 12.4 Å². The molecule has 1 aromatic carbocycles. The number of aryl methyl sites for hydroxylation is 1. The highest BCUT2D eigenvalue weighted by Crippen LogP contribution is 2.32. The van der Waals surface area contributed by atoms with Gasteiger partial charge in [-0.1, -0.05) is 37.3 Å². The molecule has 2 heterocycles. The van der Waals surface area contributed by atoms with Crippen LogP contribution < -0.4 is 4.57 Å². The molecule has 2 aromatic rings. The maximum absolute atomic E-state index is 4.47. The third-order valence-electron chi connectivity index (χ3n) is 5.87. The highest BCUT2D eigenvalue weighted by atomic mass is 15.0. The lowest BCUT2D eigenvalue weighted by Gasteiger charge is -2.26. The molecule has 0 saturated heterocycles. The van der Waals surface area contributed by atoms with Crippen molar-refractivity contribution in [2.45, 2.75) is 45.6 Å². The first-order valence-electron chi connectivity index (χ1n) is 10.2. The minimum absolute atomic E-state index is 0.238. The fraction of sp³-hybridized carbons (Fsp3) is 0.308. The SMILES string of the molecule is C=C(CC)C1CCc2ccccc2-c2cccc[n+]2C(=C)CC1[N+](=C)/C=C\C. The average Bonchev–Trinajstić information content (AvgIpc) is 2.72. The van der Waals surface area contributed by atoms with Gasteiger partial charge in [0.15, 0.2) is 24.1 Å². The van der Waals surface area contributed by atoms with E-state index < -0.39 is 0 Å². The van der Waals surface area contributed by atoms with Crippen molar-refractivity contribution in [1.29, 1.82) is 0 Å². The number of hydrogen-bond donors (Lipinski definition) is 0. The molecular formula is C26H32N2+2. The Hall–Kier alpha value is -2.74. The molecule has 0 fully saturated rings. The molecule has 3 rings (SSSR count). The summed E-state index contributed by atoms with van der Waals surface area (Å²) in [5.74, 6) is 0.370. The van der Waals surface area contributed by atoms with E-state index in [9.17, 15) is 0 Å². The van der Waals surface area contributed by atoms with Crippen molar-refractivity contribution in [2.75, 3.05) is 0 Å². The molecule has 1 aliphatic heterocycles. The molecule has 2 heteroatoms. The first-order chi connectivity index (χ1) is 13.6. The van der Waals surface area contributed by atoms with Crippen LogP contribution in [0.3, 0.4) is 0 Å². The van der Waals surface area contributed by atoms with Crippen LogP contribution in [-0.4, -0.2) is 17.3 Å². The van der Waals surface area contributed by atoms with Crippen molar-refractivity contribution in [1.82, 2.24) is 0 Å². The maximum atomic E-state index is 4.47. The number of pyridine rings is 1. The molecule has 0 saturated carbocycles. The Morgan fingerprint density at radius 2 is 1.96 bits per heavy atom. The third kappa shape index (κ3) is 4.06. The fourth-order valence-corrected chi connectivity index (χ4v) is 4.30. The van der Waals surface area contributed by atoms with Crippen LogP contribution in [0.4, 0.5) is 0 Å². The number of fused-ring (bicyclic) bond motifs is 3. The van der Waals surface area contributed by atoms with Crippen LogP contribution in [0.5, 0.6) is 0 Å². The Balaban J connectivity index is 2.15. The van der Waals surface area contributed by atoms with Gasteiger partial charge in [0.1, 0.15) is 6.72 Å². The summed E-state index contributed by atoms with van der Waals surface area (Å²) in [6.45, 7) is 17.5. The second-order valence-corrected chi connectivity index (χ2v) is 7.60. The van der Waals surface area contributed by atoms with Gasteiger partial charge in [-0.25, -0.2) is 4.58 Å². The lowest BCUT2D eigenvalue weighted by Crippen LogP contribution is -2.40. The van der Waals surface area contributed by atoms with E-state index >= 15 is 0 Å². The molecule has 1 aliphatic rings. The normalized spacial score (nSPS) is 19.7. The molecule has 2 atom stereocenters. The Morgan fingerprint density at radius 3 is 2.71 bits per heavy atom. The molecule has 0 radical (unpaired) electrons. The highest BCUT2D eigenvalue weighted by molar-refractivity contribution is 5.62. The van der Waals surface area contributed by atoms with Crippen LogP contribution in [0.15, 0.2) is 79.7 Å². The molecule has 2 nitrogen and oxygen atoms in total. The third-order valence-corrected chi connectivity index (χ3v) is 5.87. The van der Waals surface area contributed by atoms with E-state index in [-0.39, 0.29) is 6.04 Å². The highest BCUT2D eigenvalue weighted by Gasteiger charge is 2.35. The fourth-order valence-electron chi connectivity index (χ4n) is 4.30. The standard InChI is InChI=1S/C26H32N2/c1-6-17-27(5)26-19-21(4)28-18-11-10-14-25(28)24-13-9-8-12-22(24)15-16-23(26)20(3)7-2/h6,8-14,17-18,23,26H,3-5,7,15-16,19H2,1-2H3/q+2/b17-6-. The topological polar surface area (TPSA) is 6.89 Å². The van der Waals surface area contributed by atoms with Gasteiger partial charge in [-0.15, -0.1) is 0 Å². The van der Waals surface area contributed by atoms with Gasteiger partial charge in [-0.3, -0.25) is 0 Å². The largest absolute Gasteiger partial charge is 0.218 e. The van der Waals surface area contributed by atoms with Gasteiger partial charge in [-0.05, 0) is 56.5 Å². The lowest BCUT2D eigenvalue weighted by atomic mass is 9.82. The molecule has 0 N–H and O–H groups in total. The summed E-state index contributed by atoms with van der Waals surface area (Å²) in [5, 5.41) is 0. The van der Waals surface area contributed by atoms with Crippen molar-refractivity contribution < 1.29 is 9.14 Å². The Bertz CT molecular complexity index is 920. The summed E-state index contributed by atoms with van der Waals surface area (Å²) in [7, 11) is 0. The van der Waals surface area contributed by atoms with E-state index in [1.54, 1.807) is 0 Å². The van der Waals surface area contributed by atoms with Gasteiger partial charge in [0.2, 0.25) is 5.69 Å². The average molecular weight is 373 g/mol. The molecule has 28 heavy (non-hydrogen) atoms. The van der Waals surface area contributed by atoms with Gasteiger partial charge in [-0.2, -0.15) is 4.57 Å². The monoisotopic (exact) mass is 372 g/mol. The summed E-state index contributed by atoms with van der Waals surface area (Å²) in [4.78, 5) is 0. The zero-order valence-electron chi connectivity index (χ0n) is 17.3.